The lowest BCUT2D eigenvalue weighted by molar-refractivity contribution is -0.131. The van der Waals surface area contributed by atoms with Gasteiger partial charge < -0.3 is 5.11 Å². The topological polar surface area (TPSA) is 37.3 Å². The van der Waals surface area contributed by atoms with E-state index in [0.717, 1.165) is 6.08 Å². The van der Waals surface area contributed by atoms with Gasteiger partial charge in [0.2, 0.25) is 0 Å². The molecular formula is C6H8O2S. The fourth-order valence-electron chi connectivity index (χ4n) is 0.221. The zero-order valence-corrected chi connectivity index (χ0v) is 5.89. The summed E-state index contributed by atoms with van der Waals surface area (Å²) in [7, 11) is 0. The van der Waals surface area contributed by atoms with Gasteiger partial charge in [-0.3, -0.25) is 0 Å². The lowest BCUT2D eigenvalue weighted by atomic mass is 10.7. The first-order valence-corrected chi connectivity index (χ1v) is 3.37. The van der Waals surface area contributed by atoms with Crippen LogP contribution in [0.15, 0.2) is 23.0 Å². The smallest absolute Gasteiger partial charge is 0.328 e. The second-order valence-electron chi connectivity index (χ2n) is 1.25. The van der Waals surface area contributed by atoms with Gasteiger partial charge in [-0.05, 0) is 17.7 Å². The maximum atomic E-state index is 9.84. The monoisotopic (exact) mass is 144 g/mol. The highest BCUT2D eigenvalue weighted by Gasteiger charge is 1.80. The molecule has 2 nitrogen and oxygen atoms in total. The lowest BCUT2D eigenvalue weighted by Gasteiger charge is -1.77. The Kier molecular flexibility index (Phi) is 5.01. The number of rotatable bonds is 3. The fraction of sp³-hybridized carbons (Fsp3) is 0.167. The molecule has 0 radical (unpaired) electrons. The summed E-state index contributed by atoms with van der Waals surface area (Å²) in [6, 6.07) is 0. The van der Waals surface area contributed by atoms with Crippen molar-refractivity contribution >= 4 is 17.7 Å². The van der Waals surface area contributed by atoms with E-state index in [1.165, 1.54) is 17.2 Å². The Balaban J connectivity index is 3.36. The summed E-state index contributed by atoms with van der Waals surface area (Å²) >= 11 is 1.34. The maximum absolute atomic E-state index is 9.84. The number of hydrogen-bond acceptors (Lipinski definition) is 2. The Morgan fingerprint density at radius 1 is 1.56 bits per heavy atom. The number of carbonyl (C=O) groups is 1. The number of carboxylic acids is 1. The molecule has 1 N–H and O–H groups in total. The van der Waals surface area contributed by atoms with Crippen LogP contribution in [0.3, 0.4) is 0 Å². The summed E-state index contributed by atoms with van der Waals surface area (Å²) in [5.41, 5.74) is 0. The molecule has 0 saturated carbocycles. The highest BCUT2D eigenvalue weighted by molar-refractivity contribution is 8.04. The van der Waals surface area contributed by atoms with Gasteiger partial charge in [-0.15, -0.1) is 11.8 Å². The Morgan fingerprint density at radius 3 is 2.67 bits per heavy atom. The van der Waals surface area contributed by atoms with Crippen LogP contribution < -0.4 is 0 Å². The quantitative estimate of drug-likeness (QED) is 0.614. The third-order valence-electron chi connectivity index (χ3n) is 0.504. The molecule has 0 aliphatic rings. The van der Waals surface area contributed by atoms with Crippen molar-refractivity contribution in [1.82, 2.24) is 0 Å². The molecule has 0 aliphatic carbocycles. The Hall–Kier alpha value is -0.700. The number of allylic oxidation sites excluding steroid dienone is 1. The average molecular weight is 144 g/mol. The summed E-state index contributed by atoms with van der Waals surface area (Å²) in [5, 5.41) is 11.4. The van der Waals surface area contributed by atoms with Gasteiger partial charge in [0, 0.05) is 6.08 Å². The van der Waals surface area contributed by atoms with E-state index >= 15 is 0 Å². The van der Waals surface area contributed by atoms with Gasteiger partial charge >= 0.3 is 5.97 Å². The molecule has 0 rings (SSSR count). The summed E-state index contributed by atoms with van der Waals surface area (Å²) < 4.78 is 0. The van der Waals surface area contributed by atoms with Gasteiger partial charge in [-0.25, -0.2) is 4.79 Å². The molecule has 50 valence electrons. The van der Waals surface area contributed by atoms with Gasteiger partial charge in [-0.1, -0.05) is 6.08 Å². The molecule has 0 amide bonds. The van der Waals surface area contributed by atoms with E-state index in [2.05, 4.69) is 0 Å². The minimum atomic E-state index is -0.910. The standard InChI is InChI=1S/C6H8O2S/c1-2-4-9-5-3-6(7)8/h2-5H,1H3,(H,7,8)/b4-2+,5-3+. The second-order valence-corrected chi connectivity index (χ2v) is 2.06. The molecule has 9 heavy (non-hydrogen) atoms. The minimum absolute atomic E-state index is 0.910. The van der Waals surface area contributed by atoms with Crippen molar-refractivity contribution in [2.24, 2.45) is 0 Å². The van der Waals surface area contributed by atoms with Crippen molar-refractivity contribution in [1.29, 1.82) is 0 Å². The van der Waals surface area contributed by atoms with Gasteiger partial charge in [0.1, 0.15) is 0 Å². The van der Waals surface area contributed by atoms with E-state index < -0.39 is 5.97 Å². The third-order valence-corrected chi connectivity index (χ3v) is 1.23. The van der Waals surface area contributed by atoms with Crippen LogP contribution in [0.5, 0.6) is 0 Å². The summed E-state index contributed by atoms with van der Waals surface area (Å²) in [4.78, 5) is 9.84. The number of thioether (sulfide) groups is 1. The molecule has 0 aromatic heterocycles. The zero-order valence-electron chi connectivity index (χ0n) is 5.07. The minimum Gasteiger partial charge on any atom is -0.478 e. The first-order chi connectivity index (χ1) is 4.27. The first kappa shape index (κ1) is 8.30. The molecule has 0 heterocycles. The molecule has 0 atom stereocenters. The Bertz CT molecular complexity index is 138. The molecule has 0 unspecified atom stereocenters. The molecule has 0 spiro atoms. The Morgan fingerprint density at radius 2 is 2.22 bits per heavy atom. The molecular weight excluding hydrogens is 136 g/mol. The largest absolute Gasteiger partial charge is 0.478 e. The highest BCUT2D eigenvalue weighted by atomic mass is 32.2. The number of carboxylic acid groups (broad SMARTS) is 1. The van der Waals surface area contributed by atoms with Crippen LogP contribution in [0.2, 0.25) is 0 Å². The van der Waals surface area contributed by atoms with Crippen LogP contribution in [0.25, 0.3) is 0 Å². The van der Waals surface area contributed by atoms with Crippen molar-refractivity contribution < 1.29 is 9.90 Å². The van der Waals surface area contributed by atoms with E-state index in [1.807, 2.05) is 13.0 Å². The van der Waals surface area contributed by atoms with E-state index in [-0.39, 0.29) is 0 Å². The van der Waals surface area contributed by atoms with Gasteiger partial charge in [-0.2, -0.15) is 0 Å². The summed E-state index contributed by atoms with van der Waals surface area (Å²) in [6.07, 6.45) is 2.95. The molecule has 0 fully saturated rings. The lowest BCUT2D eigenvalue weighted by Crippen LogP contribution is -1.83. The molecule has 0 bridgehead atoms. The maximum Gasteiger partial charge on any atom is 0.328 e. The van der Waals surface area contributed by atoms with Crippen molar-refractivity contribution in [3.8, 4) is 0 Å². The van der Waals surface area contributed by atoms with Gasteiger partial charge in [0.25, 0.3) is 0 Å². The molecule has 0 saturated heterocycles. The van der Waals surface area contributed by atoms with Crippen LogP contribution in [-0.4, -0.2) is 11.1 Å². The van der Waals surface area contributed by atoms with E-state index in [0.29, 0.717) is 0 Å². The Labute approximate surface area is 58.3 Å². The normalized spacial score (nSPS) is 11.2. The van der Waals surface area contributed by atoms with Crippen molar-refractivity contribution in [2.75, 3.05) is 0 Å². The molecule has 3 heteroatoms. The SMILES string of the molecule is C/C=C/S/C=C/C(=O)O. The molecule has 0 aromatic rings. The fourth-order valence-corrected chi connectivity index (χ4v) is 0.664. The van der Waals surface area contributed by atoms with Crippen LogP contribution >= 0.6 is 11.8 Å². The summed E-state index contributed by atoms with van der Waals surface area (Å²) in [6.45, 7) is 1.88. The predicted molar refractivity (Wildman–Crippen MR) is 39.2 cm³/mol. The zero-order chi connectivity index (χ0) is 7.11. The third kappa shape index (κ3) is 7.30. The average Bonchev–Trinajstić information content (AvgIpc) is 1.80. The number of hydrogen-bond donors (Lipinski definition) is 1. The second kappa shape index (κ2) is 5.44. The predicted octanol–water partition coefficient (Wildman–Crippen LogP) is 1.85. The van der Waals surface area contributed by atoms with Crippen molar-refractivity contribution in [3.63, 3.8) is 0 Å². The summed E-state index contributed by atoms with van der Waals surface area (Å²) in [5.74, 6) is -0.910. The first-order valence-electron chi connectivity index (χ1n) is 2.43. The van der Waals surface area contributed by atoms with E-state index in [1.54, 1.807) is 5.41 Å². The van der Waals surface area contributed by atoms with Crippen LogP contribution in [0.1, 0.15) is 6.92 Å². The van der Waals surface area contributed by atoms with Gasteiger partial charge in [0.15, 0.2) is 0 Å². The van der Waals surface area contributed by atoms with E-state index in [4.69, 9.17) is 5.11 Å². The highest BCUT2D eigenvalue weighted by Crippen LogP contribution is 2.02. The van der Waals surface area contributed by atoms with E-state index in [9.17, 15) is 4.79 Å². The van der Waals surface area contributed by atoms with Crippen LogP contribution in [0, 0.1) is 0 Å². The van der Waals surface area contributed by atoms with Crippen LogP contribution in [0.4, 0.5) is 0 Å². The molecule has 0 aromatic carbocycles. The molecule has 0 aliphatic heterocycles. The number of aliphatic carboxylic acids is 1. The van der Waals surface area contributed by atoms with Crippen molar-refractivity contribution in [3.05, 3.63) is 23.0 Å². The van der Waals surface area contributed by atoms with Gasteiger partial charge in [0.05, 0.1) is 0 Å². The van der Waals surface area contributed by atoms with Crippen LogP contribution in [-0.2, 0) is 4.79 Å². The van der Waals surface area contributed by atoms with Crippen molar-refractivity contribution in [2.45, 2.75) is 6.92 Å².